The highest BCUT2D eigenvalue weighted by Gasteiger charge is 2.13. The Labute approximate surface area is 124 Å². The van der Waals surface area contributed by atoms with Gasteiger partial charge in [-0.25, -0.2) is 0 Å². The molecule has 4 heteroatoms. The molecule has 0 bridgehead atoms. The molecule has 0 heterocycles. The molecule has 0 aromatic heterocycles. The Kier molecular flexibility index (Phi) is 5.21. The predicted molar refractivity (Wildman–Crippen MR) is 81.5 cm³/mol. The van der Waals surface area contributed by atoms with Gasteiger partial charge in [0.25, 0.3) is 5.91 Å². The van der Waals surface area contributed by atoms with E-state index in [-0.39, 0.29) is 18.6 Å². The zero-order valence-corrected chi connectivity index (χ0v) is 12.2. The summed E-state index contributed by atoms with van der Waals surface area (Å²) in [5.41, 5.74) is 0.938. The van der Waals surface area contributed by atoms with Crippen LogP contribution in [0.1, 0.15) is 18.5 Å². The molecule has 0 saturated carbocycles. The summed E-state index contributed by atoms with van der Waals surface area (Å²) in [5, 5.41) is 2.90. The monoisotopic (exact) mass is 285 g/mol. The lowest BCUT2D eigenvalue weighted by molar-refractivity contribution is -0.123. The van der Waals surface area contributed by atoms with E-state index in [1.165, 1.54) is 0 Å². The van der Waals surface area contributed by atoms with Crippen LogP contribution in [-0.2, 0) is 4.79 Å². The zero-order valence-electron chi connectivity index (χ0n) is 12.2. The third kappa shape index (κ3) is 4.24. The first kappa shape index (κ1) is 14.9. The number of nitrogens with one attached hydrogen (secondary N) is 1. The Morgan fingerprint density at radius 1 is 1.10 bits per heavy atom. The van der Waals surface area contributed by atoms with Crippen molar-refractivity contribution < 1.29 is 14.3 Å². The Morgan fingerprint density at radius 2 is 1.76 bits per heavy atom. The van der Waals surface area contributed by atoms with Gasteiger partial charge in [0.05, 0.1) is 13.2 Å². The molecule has 2 aromatic rings. The lowest BCUT2D eigenvalue weighted by atomic mass is 10.1. The number of carbonyl (C=O) groups excluding carboxylic acids is 1. The van der Waals surface area contributed by atoms with Crippen molar-refractivity contribution >= 4 is 5.91 Å². The fraction of sp³-hybridized carbons (Fsp3) is 0.235. The first-order valence-electron chi connectivity index (χ1n) is 6.81. The molecule has 1 N–H and O–H groups in total. The normalized spacial score (nSPS) is 11.5. The number of amides is 1. The highest BCUT2D eigenvalue weighted by molar-refractivity contribution is 5.78. The maximum atomic E-state index is 11.9. The molecule has 0 aliphatic carbocycles. The zero-order chi connectivity index (χ0) is 15.1. The molecule has 0 saturated heterocycles. The van der Waals surface area contributed by atoms with E-state index < -0.39 is 0 Å². The van der Waals surface area contributed by atoms with Crippen molar-refractivity contribution in [1.29, 1.82) is 0 Å². The second kappa shape index (κ2) is 7.33. The predicted octanol–water partition coefficient (Wildman–Crippen LogP) is 2.95. The molecular formula is C17H19NO3. The van der Waals surface area contributed by atoms with Gasteiger partial charge in [0, 0.05) is 5.56 Å². The van der Waals surface area contributed by atoms with Crippen LogP contribution in [0.5, 0.6) is 11.5 Å². The average molecular weight is 285 g/mol. The van der Waals surface area contributed by atoms with Crippen LogP contribution in [0.3, 0.4) is 0 Å². The van der Waals surface area contributed by atoms with E-state index >= 15 is 0 Å². The molecule has 0 radical (unpaired) electrons. The number of rotatable bonds is 6. The number of benzene rings is 2. The van der Waals surface area contributed by atoms with Gasteiger partial charge in [-0.3, -0.25) is 4.79 Å². The standard InChI is InChI=1S/C17H19NO3/c1-13(15-10-6-7-11-16(15)20-2)18-17(19)12-21-14-8-4-3-5-9-14/h3-11,13H,12H2,1-2H3,(H,18,19)/t13-/m0/s1. The van der Waals surface area contributed by atoms with Crippen LogP contribution in [0.2, 0.25) is 0 Å². The number of hydrogen-bond donors (Lipinski definition) is 1. The second-order valence-electron chi connectivity index (χ2n) is 4.63. The third-order valence-electron chi connectivity index (χ3n) is 3.10. The smallest absolute Gasteiger partial charge is 0.258 e. The Bertz CT molecular complexity index is 584. The van der Waals surface area contributed by atoms with Crippen molar-refractivity contribution in [3.05, 3.63) is 60.2 Å². The summed E-state index contributed by atoms with van der Waals surface area (Å²) in [5.74, 6) is 1.27. The van der Waals surface area contributed by atoms with Crippen molar-refractivity contribution in [1.82, 2.24) is 5.32 Å². The molecular weight excluding hydrogens is 266 g/mol. The van der Waals surface area contributed by atoms with Gasteiger partial charge in [-0.1, -0.05) is 36.4 Å². The van der Waals surface area contributed by atoms with Gasteiger partial charge in [0.1, 0.15) is 11.5 Å². The Balaban J connectivity index is 1.90. The van der Waals surface area contributed by atoms with Crippen LogP contribution in [0.25, 0.3) is 0 Å². The molecule has 1 atom stereocenters. The van der Waals surface area contributed by atoms with Crippen LogP contribution in [0.15, 0.2) is 54.6 Å². The fourth-order valence-electron chi connectivity index (χ4n) is 2.05. The number of ether oxygens (including phenoxy) is 2. The minimum Gasteiger partial charge on any atom is -0.496 e. The lowest BCUT2D eigenvalue weighted by Crippen LogP contribution is -2.31. The van der Waals surface area contributed by atoms with Crippen LogP contribution in [0, 0.1) is 0 Å². The summed E-state index contributed by atoms with van der Waals surface area (Å²) >= 11 is 0. The van der Waals surface area contributed by atoms with E-state index in [9.17, 15) is 4.79 Å². The van der Waals surface area contributed by atoms with E-state index in [1.54, 1.807) is 7.11 Å². The summed E-state index contributed by atoms with van der Waals surface area (Å²) < 4.78 is 10.7. The summed E-state index contributed by atoms with van der Waals surface area (Å²) in [4.78, 5) is 11.9. The van der Waals surface area contributed by atoms with Gasteiger partial charge >= 0.3 is 0 Å². The Morgan fingerprint density at radius 3 is 2.48 bits per heavy atom. The first-order valence-corrected chi connectivity index (χ1v) is 6.81. The van der Waals surface area contributed by atoms with E-state index in [2.05, 4.69) is 5.32 Å². The Hall–Kier alpha value is -2.49. The molecule has 1 amide bonds. The highest BCUT2D eigenvalue weighted by Crippen LogP contribution is 2.24. The quantitative estimate of drug-likeness (QED) is 0.887. The van der Waals surface area contributed by atoms with Crippen LogP contribution >= 0.6 is 0 Å². The molecule has 0 unspecified atom stereocenters. The van der Waals surface area contributed by atoms with Crippen molar-refractivity contribution in [2.45, 2.75) is 13.0 Å². The summed E-state index contributed by atoms with van der Waals surface area (Å²) in [6.45, 7) is 1.90. The lowest BCUT2D eigenvalue weighted by Gasteiger charge is -2.17. The van der Waals surface area contributed by atoms with Crippen molar-refractivity contribution in [2.75, 3.05) is 13.7 Å². The van der Waals surface area contributed by atoms with Gasteiger partial charge in [-0.15, -0.1) is 0 Å². The van der Waals surface area contributed by atoms with Crippen LogP contribution in [0.4, 0.5) is 0 Å². The summed E-state index contributed by atoms with van der Waals surface area (Å²) in [7, 11) is 1.62. The molecule has 2 aromatic carbocycles. The average Bonchev–Trinajstić information content (AvgIpc) is 2.53. The van der Waals surface area contributed by atoms with Gasteiger partial charge < -0.3 is 14.8 Å². The largest absolute Gasteiger partial charge is 0.496 e. The summed E-state index contributed by atoms with van der Waals surface area (Å²) in [6, 6.07) is 16.7. The van der Waals surface area contributed by atoms with E-state index in [4.69, 9.17) is 9.47 Å². The van der Waals surface area contributed by atoms with Gasteiger partial charge in [-0.2, -0.15) is 0 Å². The van der Waals surface area contributed by atoms with Gasteiger partial charge in [-0.05, 0) is 25.1 Å². The van der Waals surface area contributed by atoms with E-state index in [1.807, 2.05) is 61.5 Å². The van der Waals surface area contributed by atoms with E-state index in [0.717, 1.165) is 11.3 Å². The number of para-hydroxylation sites is 2. The fourth-order valence-corrected chi connectivity index (χ4v) is 2.05. The summed E-state index contributed by atoms with van der Waals surface area (Å²) in [6.07, 6.45) is 0. The molecule has 4 nitrogen and oxygen atoms in total. The second-order valence-corrected chi connectivity index (χ2v) is 4.63. The minimum absolute atomic E-state index is 0.0104. The third-order valence-corrected chi connectivity index (χ3v) is 3.10. The molecule has 0 aliphatic heterocycles. The molecule has 0 fully saturated rings. The van der Waals surface area contributed by atoms with Crippen LogP contribution in [-0.4, -0.2) is 19.6 Å². The van der Waals surface area contributed by atoms with E-state index in [0.29, 0.717) is 5.75 Å². The molecule has 21 heavy (non-hydrogen) atoms. The number of hydrogen-bond acceptors (Lipinski definition) is 3. The molecule has 2 rings (SSSR count). The topological polar surface area (TPSA) is 47.6 Å². The minimum atomic E-state index is -0.169. The SMILES string of the molecule is COc1ccccc1[C@H](C)NC(=O)COc1ccccc1. The maximum absolute atomic E-state index is 11.9. The molecule has 0 aliphatic rings. The van der Waals surface area contributed by atoms with Crippen molar-refractivity contribution in [3.8, 4) is 11.5 Å². The number of methoxy groups -OCH3 is 1. The molecule has 110 valence electrons. The molecule has 0 spiro atoms. The van der Waals surface area contributed by atoms with Crippen molar-refractivity contribution in [2.24, 2.45) is 0 Å². The number of carbonyl (C=O) groups is 1. The highest BCUT2D eigenvalue weighted by atomic mass is 16.5. The van der Waals surface area contributed by atoms with Crippen molar-refractivity contribution in [3.63, 3.8) is 0 Å². The first-order chi connectivity index (χ1) is 10.2. The van der Waals surface area contributed by atoms with Gasteiger partial charge in [0.15, 0.2) is 6.61 Å². The van der Waals surface area contributed by atoms with Crippen LogP contribution < -0.4 is 14.8 Å². The maximum Gasteiger partial charge on any atom is 0.258 e. The van der Waals surface area contributed by atoms with Gasteiger partial charge in [0.2, 0.25) is 0 Å².